The van der Waals surface area contributed by atoms with E-state index in [1.165, 1.54) is 19.1 Å². The molecule has 0 radical (unpaired) electrons. The van der Waals surface area contributed by atoms with E-state index < -0.39 is 11.9 Å². The standard InChI is InChI=1S/C20H18F4N4O/c1-12-8-17(20(22,23)24)28-18(25-12)10-16(26-28)14-6-7-27(11-14)19(29)9-13-2-4-15(21)5-3-13/h2-5,8,10,14H,6-7,9,11H2,1H3. The fourth-order valence-electron chi connectivity index (χ4n) is 3.64. The van der Waals surface area contributed by atoms with Crippen molar-refractivity contribution in [2.24, 2.45) is 0 Å². The summed E-state index contributed by atoms with van der Waals surface area (Å²) in [6.07, 6.45) is -3.78. The summed E-state index contributed by atoms with van der Waals surface area (Å²) in [5.74, 6) is -0.626. The molecule has 0 saturated carbocycles. The lowest BCUT2D eigenvalue weighted by atomic mass is 10.1. The number of carbonyl (C=O) groups excluding carboxylic acids is 1. The first kappa shape index (κ1) is 19.4. The number of nitrogens with zero attached hydrogens (tertiary/aromatic N) is 4. The maximum atomic E-state index is 13.3. The zero-order valence-electron chi connectivity index (χ0n) is 15.6. The number of benzene rings is 1. The molecule has 0 bridgehead atoms. The fraction of sp³-hybridized carbons (Fsp3) is 0.350. The van der Waals surface area contributed by atoms with Gasteiger partial charge in [-0.25, -0.2) is 13.9 Å². The van der Waals surface area contributed by atoms with E-state index in [1.54, 1.807) is 23.1 Å². The van der Waals surface area contributed by atoms with Crippen LogP contribution in [0.15, 0.2) is 36.4 Å². The second-order valence-corrected chi connectivity index (χ2v) is 7.25. The fourth-order valence-corrected chi connectivity index (χ4v) is 3.64. The Labute approximate surface area is 164 Å². The molecule has 1 aliphatic rings. The molecule has 1 aromatic carbocycles. The highest BCUT2D eigenvalue weighted by Crippen LogP contribution is 2.32. The third kappa shape index (κ3) is 3.94. The van der Waals surface area contributed by atoms with Crippen LogP contribution in [-0.4, -0.2) is 38.5 Å². The van der Waals surface area contributed by atoms with Crippen LogP contribution in [0, 0.1) is 12.7 Å². The number of hydrogen-bond donors (Lipinski definition) is 0. The molecule has 152 valence electrons. The molecule has 1 fully saturated rings. The van der Waals surface area contributed by atoms with Crippen molar-refractivity contribution in [3.05, 3.63) is 64.9 Å². The number of likely N-dealkylation sites (tertiary alicyclic amines) is 1. The van der Waals surface area contributed by atoms with Crippen LogP contribution in [0.1, 0.15) is 35.0 Å². The molecule has 1 saturated heterocycles. The van der Waals surface area contributed by atoms with E-state index in [0.29, 0.717) is 30.8 Å². The molecule has 0 spiro atoms. The summed E-state index contributed by atoms with van der Waals surface area (Å²) in [6, 6.07) is 8.27. The van der Waals surface area contributed by atoms with Gasteiger partial charge >= 0.3 is 6.18 Å². The molecule has 29 heavy (non-hydrogen) atoms. The maximum absolute atomic E-state index is 13.3. The van der Waals surface area contributed by atoms with Crippen molar-refractivity contribution in [3.63, 3.8) is 0 Å². The molecule has 4 rings (SSSR count). The Bertz CT molecular complexity index is 1060. The van der Waals surface area contributed by atoms with Gasteiger partial charge in [0.05, 0.1) is 12.1 Å². The molecular formula is C20H18F4N4O. The van der Waals surface area contributed by atoms with Crippen LogP contribution in [0.2, 0.25) is 0 Å². The first-order valence-corrected chi connectivity index (χ1v) is 9.17. The summed E-state index contributed by atoms with van der Waals surface area (Å²) in [5, 5.41) is 4.14. The van der Waals surface area contributed by atoms with Gasteiger partial charge in [0.25, 0.3) is 0 Å². The Kier molecular flexibility index (Phi) is 4.76. The number of amides is 1. The van der Waals surface area contributed by atoms with E-state index in [0.717, 1.165) is 10.6 Å². The van der Waals surface area contributed by atoms with Crippen LogP contribution >= 0.6 is 0 Å². The Morgan fingerprint density at radius 3 is 2.62 bits per heavy atom. The van der Waals surface area contributed by atoms with Gasteiger partial charge in [0.2, 0.25) is 5.91 Å². The quantitative estimate of drug-likeness (QED) is 0.623. The van der Waals surface area contributed by atoms with Crippen molar-refractivity contribution >= 4 is 11.6 Å². The Morgan fingerprint density at radius 2 is 1.93 bits per heavy atom. The lowest BCUT2D eigenvalue weighted by Crippen LogP contribution is -2.29. The van der Waals surface area contributed by atoms with Crippen molar-refractivity contribution < 1.29 is 22.4 Å². The van der Waals surface area contributed by atoms with Crippen molar-refractivity contribution in [3.8, 4) is 0 Å². The molecule has 2 aromatic heterocycles. The Hall–Kier alpha value is -2.97. The highest BCUT2D eigenvalue weighted by atomic mass is 19.4. The third-order valence-electron chi connectivity index (χ3n) is 5.09. The average molecular weight is 406 g/mol. The van der Waals surface area contributed by atoms with Crippen molar-refractivity contribution in [2.45, 2.75) is 31.9 Å². The molecule has 0 aliphatic carbocycles. The highest BCUT2D eigenvalue weighted by Gasteiger charge is 2.36. The number of rotatable bonds is 3. The largest absolute Gasteiger partial charge is 0.433 e. The SMILES string of the molecule is Cc1cc(C(F)(F)F)n2nc(C3CCN(C(=O)Cc4ccc(F)cc4)C3)cc2n1. The first-order chi connectivity index (χ1) is 13.7. The van der Waals surface area contributed by atoms with E-state index in [1.807, 2.05) is 0 Å². The molecule has 9 heteroatoms. The van der Waals surface area contributed by atoms with Crippen LogP contribution in [0.25, 0.3) is 5.65 Å². The number of aryl methyl sites for hydroxylation is 1. The summed E-state index contributed by atoms with van der Waals surface area (Å²) in [7, 11) is 0. The number of halogens is 4. The zero-order chi connectivity index (χ0) is 20.8. The predicted octanol–water partition coefficient (Wildman–Crippen LogP) is 3.75. The number of carbonyl (C=O) groups is 1. The van der Waals surface area contributed by atoms with E-state index in [9.17, 15) is 22.4 Å². The zero-order valence-corrected chi connectivity index (χ0v) is 15.6. The van der Waals surface area contributed by atoms with Gasteiger partial charge in [0.15, 0.2) is 5.65 Å². The minimum absolute atomic E-state index is 0.104. The summed E-state index contributed by atoms with van der Waals surface area (Å²) >= 11 is 0. The third-order valence-corrected chi connectivity index (χ3v) is 5.09. The maximum Gasteiger partial charge on any atom is 0.433 e. The predicted molar refractivity (Wildman–Crippen MR) is 96.8 cm³/mol. The number of fused-ring (bicyclic) bond motifs is 1. The summed E-state index contributed by atoms with van der Waals surface area (Å²) in [5.41, 5.74) is 0.739. The Morgan fingerprint density at radius 1 is 1.21 bits per heavy atom. The van der Waals surface area contributed by atoms with E-state index >= 15 is 0 Å². The average Bonchev–Trinajstić information content (AvgIpc) is 3.28. The van der Waals surface area contributed by atoms with Gasteiger partial charge in [-0.1, -0.05) is 12.1 Å². The lowest BCUT2D eigenvalue weighted by molar-refractivity contribution is -0.142. The van der Waals surface area contributed by atoms with Gasteiger partial charge in [-0.15, -0.1) is 0 Å². The van der Waals surface area contributed by atoms with E-state index in [2.05, 4.69) is 10.1 Å². The minimum Gasteiger partial charge on any atom is -0.342 e. The normalized spacial score (nSPS) is 17.3. The van der Waals surface area contributed by atoms with Gasteiger partial charge in [-0.05, 0) is 37.1 Å². The van der Waals surface area contributed by atoms with Gasteiger partial charge in [-0.3, -0.25) is 4.79 Å². The molecule has 5 nitrogen and oxygen atoms in total. The van der Waals surface area contributed by atoms with Crippen LogP contribution in [0.5, 0.6) is 0 Å². The van der Waals surface area contributed by atoms with Crippen molar-refractivity contribution in [2.75, 3.05) is 13.1 Å². The van der Waals surface area contributed by atoms with Gasteiger partial charge in [0, 0.05) is 30.8 Å². The number of hydrogen-bond acceptors (Lipinski definition) is 3. The molecule has 1 aliphatic heterocycles. The van der Waals surface area contributed by atoms with Crippen LogP contribution in [-0.2, 0) is 17.4 Å². The number of alkyl halides is 3. The van der Waals surface area contributed by atoms with Crippen LogP contribution < -0.4 is 0 Å². The van der Waals surface area contributed by atoms with Crippen LogP contribution in [0.4, 0.5) is 17.6 Å². The van der Waals surface area contributed by atoms with Gasteiger partial charge in [-0.2, -0.15) is 18.3 Å². The first-order valence-electron chi connectivity index (χ1n) is 9.17. The van der Waals surface area contributed by atoms with Gasteiger partial charge < -0.3 is 4.90 Å². The second kappa shape index (κ2) is 7.13. The Balaban J connectivity index is 1.52. The van der Waals surface area contributed by atoms with Gasteiger partial charge in [0.1, 0.15) is 11.5 Å². The monoisotopic (exact) mass is 406 g/mol. The summed E-state index contributed by atoms with van der Waals surface area (Å²) < 4.78 is 53.8. The smallest absolute Gasteiger partial charge is 0.342 e. The second-order valence-electron chi connectivity index (χ2n) is 7.25. The number of aromatic nitrogens is 3. The molecule has 3 aromatic rings. The topological polar surface area (TPSA) is 50.5 Å². The minimum atomic E-state index is -4.54. The molecule has 3 heterocycles. The molecule has 1 amide bonds. The highest BCUT2D eigenvalue weighted by molar-refractivity contribution is 5.79. The van der Waals surface area contributed by atoms with E-state index in [-0.39, 0.29) is 35.4 Å². The molecular weight excluding hydrogens is 388 g/mol. The van der Waals surface area contributed by atoms with E-state index in [4.69, 9.17) is 0 Å². The molecule has 1 unspecified atom stereocenters. The van der Waals surface area contributed by atoms with Crippen LogP contribution in [0.3, 0.4) is 0 Å². The lowest BCUT2D eigenvalue weighted by Gasteiger charge is -2.16. The van der Waals surface area contributed by atoms with Crippen molar-refractivity contribution in [1.29, 1.82) is 0 Å². The van der Waals surface area contributed by atoms with Crippen molar-refractivity contribution in [1.82, 2.24) is 19.5 Å². The summed E-state index contributed by atoms with van der Waals surface area (Å²) in [4.78, 5) is 18.3. The molecule has 0 N–H and O–H groups in total. The molecule has 1 atom stereocenters. The summed E-state index contributed by atoms with van der Waals surface area (Å²) in [6.45, 7) is 2.38.